The fraction of sp³-hybridized carbons (Fsp3) is 0.375. The van der Waals surface area contributed by atoms with Crippen molar-refractivity contribution < 1.29 is 22.7 Å². The van der Waals surface area contributed by atoms with Crippen molar-refractivity contribution in [3.05, 3.63) is 39.8 Å². The first-order chi connectivity index (χ1) is 11.3. The highest BCUT2D eigenvalue weighted by Gasteiger charge is 2.32. The lowest BCUT2D eigenvalue weighted by Gasteiger charge is -2.29. The number of fused-ring (bicyclic) bond motifs is 1. The van der Waals surface area contributed by atoms with Crippen LogP contribution in [0.1, 0.15) is 22.7 Å². The predicted molar refractivity (Wildman–Crippen MR) is 84.4 cm³/mol. The van der Waals surface area contributed by atoms with Gasteiger partial charge in [0.1, 0.15) is 5.75 Å². The van der Waals surface area contributed by atoms with Crippen LogP contribution in [0.5, 0.6) is 5.75 Å². The Morgan fingerprint density at radius 1 is 1.42 bits per heavy atom. The molecule has 1 aromatic heterocycles. The topological polar surface area (TPSA) is 42.4 Å². The van der Waals surface area contributed by atoms with Crippen molar-refractivity contribution in [2.45, 2.75) is 32.5 Å². The number of thiazole rings is 1. The summed E-state index contributed by atoms with van der Waals surface area (Å²) in [6.45, 7) is 2.42. The Hall–Kier alpha value is -2.09. The van der Waals surface area contributed by atoms with Crippen molar-refractivity contribution in [3.63, 3.8) is 0 Å². The molecule has 2 aromatic rings. The summed E-state index contributed by atoms with van der Waals surface area (Å²) in [7, 11) is 0. The Morgan fingerprint density at radius 3 is 2.88 bits per heavy atom. The second kappa shape index (κ2) is 6.43. The Morgan fingerprint density at radius 2 is 2.21 bits per heavy atom. The lowest BCUT2D eigenvalue weighted by Crippen LogP contribution is -2.36. The molecular weight excluding hydrogens is 341 g/mol. The van der Waals surface area contributed by atoms with E-state index in [1.165, 1.54) is 29.5 Å². The monoisotopic (exact) mass is 356 g/mol. The summed E-state index contributed by atoms with van der Waals surface area (Å²) >= 11 is 1.48. The standard InChI is InChI=1S/C16H15F3N2O2S/c1-10-20-12(9-24-10)8-15(22)21-6-2-3-11-7-13(4-5-14(11)21)23-16(17,18)19/h4-5,7,9H,2-3,6,8H2,1H3. The summed E-state index contributed by atoms with van der Waals surface area (Å²) in [5.74, 6) is -0.364. The number of anilines is 1. The Bertz CT molecular complexity index is 758. The van der Waals surface area contributed by atoms with E-state index in [0.29, 0.717) is 36.3 Å². The first kappa shape index (κ1) is 16.8. The van der Waals surface area contributed by atoms with Crippen molar-refractivity contribution >= 4 is 22.9 Å². The maximum atomic E-state index is 12.5. The number of nitrogens with zero attached hydrogens (tertiary/aromatic N) is 2. The van der Waals surface area contributed by atoms with Gasteiger partial charge in [-0.3, -0.25) is 4.79 Å². The van der Waals surface area contributed by atoms with Gasteiger partial charge in [-0.1, -0.05) is 0 Å². The predicted octanol–water partition coefficient (Wildman–Crippen LogP) is 3.87. The number of hydrogen-bond donors (Lipinski definition) is 0. The van der Waals surface area contributed by atoms with Crippen molar-refractivity contribution in [3.8, 4) is 5.75 Å². The second-order valence-electron chi connectivity index (χ2n) is 5.52. The highest BCUT2D eigenvalue weighted by atomic mass is 32.1. The third-order valence-corrected chi connectivity index (χ3v) is 4.53. The number of aryl methyl sites for hydroxylation is 2. The number of carbonyl (C=O) groups is 1. The van der Waals surface area contributed by atoms with Gasteiger partial charge < -0.3 is 9.64 Å². The third-order valence-electron chi connectivity index (χ3n) is 3.70. The molecule has 0 atom stereocenters. The summed E-state index contributed by atoms with van der Waals surface area (Å²) in [5.41, 5.74) is 2.05. The number of alkyl halides is 3. The van der Waals surface area contributed by atoms with Crippen molar-refractivity contribution in [2.75, 3.05) is 11.4 Å². The van der Waals surface area contributed by atoms with Gasteiger partial charge in [0.15, 0.2) is 0 Å². The number of hydrogen-bond acceptors (Lipinski definition) is 4. The van der Waals surface area contributed by atoms with Crippen LogP contribution in [0, 0.1) is 6.92 Å². The van der Waals surface area contributed by atoms with Gasteiger partial charge in [-0.25, -0.2) is 4.98 Å². The number of halogens is 3. The smallest absolute Gasteiger partial charge is 0.406 e. The SMILES string of the molecule is Cc1nc(CC(=O)N2CCCc3cc(OC(F)(F)F)ccc32)cs1. The van der Waals surface area contributed by atoms with Crippen LogP contribution >= 0.6 is 11.3 Å². The van der Waals surface area contributed by atoms with Gasteiger partial charge >= 0.3 is 6.36 Å². The molecule has 0 bridgehead atoms. The summed E-state index contributed by atoms with van der Waals surface area (Å²) in [6.07, 6.45) is -3.22. The molecule has 1 aliphatic rings. The zero-order valence-electron chi connectivity index (χ0n) is 12.9. The van der Waals surface area contributed by atoms with Crippen LogP contribution in [0.4, 0.5) is 18.9 Å². The molecule has 1 aliphatic heterocycles. The summed E-state index contributed by atoms with van der Waals surface area (Å²) in [4.78, 5) is 18.4. The average Bonchev–Trinajstić information content (AvgIpc) is 2.89. The molecule has 2 heterocycles. The van der Waals surface area contributed by atoms with E-state index in [-0.39, 0.29) is 18.1 Å². The second-order valence-corrected chi connectivity index (χ2v) is 6.58. The van der Waals surface area contributed by atoms with E-state index in [2.05, 4.69) is 9.72 Å². The lowest BCUT2D eigenvalue weighted by molar-refractivity contribution is -0.274. The highest BCUT2D eigenvalue weighted by molar-refractivity contribution is 7.09. The summed E-state index contributed by atoms with van der Waals surface area (Å²) < 4.78 is 40.9. The van der Waals surface area contributed by atoms with Crippen LogP contribution in [-0.4, -0.2) is 23.8 Å². The first-order valence-corrected chi connectivity index (χ1v) is 8.30. The number of rotatable bonds is 3. The van der Waals surface area contributed by atoms with E-state index >= 15 is 0 Å². The van der Waals surface area contributed by atoms with E-state index in [1.807, 2.05) is 12.3 Å². The van der Waals surface area contributed by atoms with Gasteiger partial charge in [-0.2, -0.15) is 0 Å². The first-order valence-electron chi connectivity index (χ1n) is 7.42. The summed E-state index contributed by atoms with van der Waals surface area (Å²) in [5, 5.41) is 2.74. The number of ether oxygens (including phenoxy) is 1. The molecule has 128 valence electrons. The molecule has 1 amide bonds. The molecule has 0 spiro atoms. The molecule has 24 heavy (non-hydrogen) atoms. The minimum atomic E-state index is -4.72. The molecular formula is C16H15F3N2O2S. The fourth-order valence-electron chi connectivity index (χ4n) is 2.77. The normalized spacial score (nSPS) is 14.4. The number of aromatic nitrogens is 1. The third kappa shape index (κ3) is 3.87. The molecule has 3 rings (SSSR count). The zero-order valence-corrected chi connectivity index (χ0v) is 13.7. The van der Waals surface area contributed by atoms with Crippen LogP contribution in [0.15, 0.2) is 23.6 Å². The number of benzene rings is 1. The quantitative estimate of drug-likeness (QED) is 0.838. The van der Waals surface area contributed by atoms with E-state index in [4.69, 9.17) is 0 Å². The van der Waals surface area contributed by atoms with Gasteiger partial charge in [-0.15, -0.1) is 24.5 Å². The van der Waals surface area contributed by atoms with Gasteiger partial charge in [0.05, 0.1) is 17.1 Å². The molecule has 8 heteroatoms. The minimum absolute atomic E-state index is 0.106. The molecule has 0 saturated heterocycles. The largest absolute Gasteiger partial charge is 0.573 e. The Labute approximate surface area is 140 Å². The molecule has 1 aromatic carbocycles. The lowest BCUT2D eigenvalue weighted by atomic mass is 10.0. The van der Waals surface area contributed by atoms with Crippen LogP contribution in [0.2, 0.25) is 0 Å². The molecule has 4 nitrogen and oxygen atoms in total. The maximum Gasteiger partial charge on any atom is 0.573 e. The minimum Gasteiger partial charge on any atom is -0.406 e. The molecule has 0 radical (unpaired) electrons. The number of carbonyl (C=O) groups excluding carboxylic acids is 1. The van der Waals surface area contributed by atoms with Crippen LogP contribution in [0.3, 0.4) is 0 Å². The van der Waals surface area contributed by atoms with Crippen molar-refractivity contribution in [1.82, 2.24) is 4.98 Å². The van der Waals surface area contributed by atoms with E-state index in [9.17, 15) is 18.0 Å². The van der Waals surface area contributed by atoms with Crippen molar-refractivity contribution in [2.24, 2.45) is 0 Å². The van der Waals surface area contributed by atoms with Crippen molar-refractivity contribution in [1.29, 1.82) is 0 Å². The summed E-state index contributed by atoms with van der Waals surface area (Å²) in [6, 6.07) is 4.11. The van der Waals surface area contributed by atoms with E-state index < -0.39 is 6.36 Å². The van der Waals surface area contributed by atoms with Gasteiger partial charge in [0, 0.05) is 17.6 Å². The van der Waals surface area contributed by atoms with Crippen LogP contribution in [0.25, 0.3) is 0 Å². The highest BCUT2D eigenvalue weighted by Crippen LogP contribution is 2.33. The molecule has 0 N–H and O–H groups in total. The van der Waals surface area contributed by atoms with Gasteiger partial charge in [-0.05, 0) is 43.5 Å². The van der Waals surface area contributed by atoms with E-state index in [0.717, 1.165) is 5.01 Å². The van der Waals surface area contributed by atoms with Crippen LogP contribution < -0.4 is 9.64 Å². The fourth-order valence-corrected chi connectivity index (χ4v) is 3.38. The van der Waals surface area contributed by atoms with E-state index in [1.54, 1.807) is 4.90 Å². The maximum absolute atomic E-state index is 12.5. The Balaban J connectivity index is 1.79. The van der Waals surface area contributed by atoms with Gasteiger partial charge in [0.2, 0.25) is 5.91 Å². The molecule has 0 fully saturated rings. The van der Waals surface area contributed by atoms with Crippen LogP contribution in [-0.2, 0) is 17.6 Å². The molecule has 0 aliphatic carbocycles. The molecule has 0 saturated carbocycles. The number of amides is 1. The Kier molecular flexibility index (Phi) is 4.49. The molecule has 0 unspecified atom stereocenters. The average molecular weight is 356 g/mol. The van der Waals surface area contributed by atoms with Gasteiger partial charge in [0.25, 0.3) is 0 Å². The zero-order chi connectivity index (χ0) is 17.3.